The number of ether oxygens (including phenoxy) is 2. The highest BCUT2D eigenvalue weighted by atomic mass is 16.5. The van der Waals surface area contributed by atoms with Gasteiger partial charge in [-0.2, -0.15) is 0 Å². The van der Waals surface area contributed by atoms with Crippen molar-refractivity contribution in [1.82, 2.24) is 0 Å². The molecule has 0 radical (unpaired) electrons. The van der Waals surface area contributed by atoms with Crippen molar-refractivity contribution in [2.75, 3.05) is 13.7 Å². The fraction of sp³-hybridized carbons (Fsp3) is 1.00. The van der Waals surface area contributed by atoms with Crippen LogP contribution in [-0.2, 0) is 9.47 Å². The Morgan fingerprint density at radius 1 is 1.00 bits per heavy atom. The summed E-state index contributed by atoms with van der Waals surface area (Å²) in [5.41, 5.74) is 0.816. The number of methoxy groups -OCH3 is 1. The van der Waals surface area contributed by atoms with Crippen molar-refractivity contribution < 1.29 is 14.6 Å². The number of hydrogen-bond donors (Lipinski definition) is 1. The molecule has 0 spiro atoms. The SMILES string of the molecule is CO[C@H]1CC[C@H]2[C@@H]3CC[C@H]4C[C@H](O)CC[C@]4(C)[C@H]3CC[C@]12CCOC(C)C. The second-order valence-electron chi connectivity index (χ2n) is 10.8. The van der Waals surface area contributed by atoms with Crippen molar-refractivity contribution in [2.24, 2.45) is 34.5 Å². The van der Waals surface area contributed by atoms with E-state index in [1.165, 1.54) is 51.4 Å². The second-order valence-corrected chi connectivity index (χ2v) is 10.8. The molecule has 0 amide bonds. The van der Waals surface area contributed by atoms with E-state index < -0.39 is 0 Å². The smallest absolute Gasteiger partial charge is 0.0631 e. The minimum atomic E-state index is -0.0418. The standard InChI is InChI=1S/C24H42O3/c1-16(2)27-14-13-24-12-10-20-19(21(24)7-8-22(24)26-4)6-5-17-15-18(25)9-11-23(17,20)3/h16-22,25H,5-15H2,1-4H3/t17-,18+,19+,20-,21-,22-,23-,24+/m0/s1. The molecule has 0 aromatic heterocycles. The zero-order valence-electron chi connectivity index (χ0n) is 18.1. The summed E-state index contributed by atoms with van der Waals surface area (Å²) in [6.07, 6.45) is 13.2. The van der Waals surface area contributed by atoms with E-state index in [4.69, 9.17) is 9.47 Å². The first-order valence-electron chi connectivity index (χ1n) is 11.7. The molecule has 4 fully saturated rings. The number of hydrogen-bond acceptors (Lipinski definition) is 3. The van der Waals surface area contributed by atoms with Gasteiger partial charge >= 0.3 is 0 Å². The minimum absolute atomic E-state index is 0.0418. The number of fused-ring (bicyclic) bond motifs is 5. The van der Waals surface area contributed by atoms with Gasteiger partial charge in [-0.15, -0.1) is 0 Å². The Bertz CT molecular complexity index is 520. The van der Waals surface area contributed by atoms with Crippen LogP contribution in [0.5, 0.6) is 0 Å². The van der Waals surface area contributed by atoms with Gasteiger partial charge in [0.25, 0.3) is 0 Å². The monoisotopic (exact) mass is 378 g/mol. The van der Waals surface area contributed by atoms with Crippen molar-refractivity contribution in [1.29, 1.82) is 0 Å². The van der Waals surface area contributed by atoms with Crippen LogP contribution >= 0.6 is 0 Å². The summed E-state index contributed by atoms with van der Waals surface area (Å²) in [6.45, 7) is 7.76. The molecule has 0 bridgehead atoms. The third-order valence-corrected chi connectivity index (χ3v) is 9.58. The lowest BCUT2D eigenvalue weighted by Crippen LogP contribution is -2.55. The number of aliphatic hydroxyl groups is 1. The maximum Gasteiger partial charge on any atom is 0.0631 e. The highest BCUT2D eigenvalue weighted by Crippen LogP contribution is 2.67. The Labute approximate surface area is 166 Å². The molecule has 1 N–H and O–H groups in total. The minimum Gasteiger partial charge on any atom is -0.393 e. The highest BCUT2D eigenvalue weighted by molar-refractivity contribution is 5.11. The summed E-state index contributed by atoms with van der Waals surface area (Å²) in [5.74, 6) is 3.30. The first kappa shape index (κ1) is 20.2. The predicted octanol–water partition coefficient (Wildman–Crippen LogP) is 5.20. The van der Waals surface area contributed by atoms with Gasteiger partial charge in [0.2, 0.25) is 0 Å². The summed E-state index contributed by atoms with van der Waals surface area (Å²) < 4.78 is 12.1. The molecule has 156 valence electrons. The summed E-state index contributed by atoms with van der Waals surface area (Å²) >= 11 is 0. The first-order valence-corrected chi connectivity index (χ1v) is 11.7. The first-order chi connectivity index (χ1) is 12.9. The Hall–Kier alpha value is -0.120. The van der Waals surface area contributed by atoms with Crippen molar-refractivity contribution in [3.05, 3.63) is 0 Å². The largest absolute Gasteiger partial charge is 0.393 e. The molecular formula is C24H42O3. The fourth-order valence-corrected chi connectivity index (χ4v) is 8.31. The van der Waals surface area contributed by atoms with Gasteiger partial charge < -0.3 is 14.6 Å². The molecule has 8 atom stereocenters. The van der Waals surface area contributed by atoms with Gasteiger partial charge in [0.05, 0.1) is 18.3 Å². The van der Waals surface area contributed by atoms with Crippen LogP contribution < -0.4 is 0 Å². The maximum absolute atomic E-state index is 10.2. The van der Waals surface area contributed by atoms with Gasteiger partial charge in [-0.1, -0.05) is 6.92 Å². The van der Waals surface area contributed by atoms with E-state index in [-0.39, 0.29) is 6.10 Å². The molecule has 0 aromatic rings. The summed E-state index contributed by atoms with van der Waals surface area (Å²) in [7, 11) is 1.94. The van der Waals surface area contributed by atoms with Crippen LogP contribution in [0, 0.1) is 34.5 Å². The van der Waals surface area contributed by atoms with Crippen molar-refractivity contribution >= 4 is 0 Å². The zero-order chi connectivity index (χ0) is 19.2. The zero-order valence-corrected chi connectivity index (χ0v) is 18.1. The summed E-state index contributed by atoms with van der Waals surface area (Å²) in [5, 5.41) is 10.2. The van der Waals surface area contributed by atoms with Crippen molar-refractivity contribution in [3.63, 3.8) is 0 Å². The Balaban J connectivity index is 1.55. The molecule has 4 aliphatic carbocycles. The van der Waals surface area contributed by atoms with E-state index in [0.717, 1.165) is 43.1 Å². The maximum atomic E-state index is 10.2. The third kappa shape index (κ3) is 3.30. The quantitative estimate of drug-likeness (QED) is 0.714. The fourth-order valence-electron chi connectivity index (χ4n) is 8.31. The van der Waals surface area contributed by atoms with E-state index in [0.29, 0.717) is 23.0 Å². The van der Waals surface area contributed by atoms with E-state index in [9.17, 15) is 5.11 Å². The average Bonchev–Trinajstić information content (AvgIpc) is 3.00. The molecule has 0 saturated heterocycles. The normalized spacial score (nSPS) is 49.6. The number of rotatable bonds is 5. The summed E-state index contributed by atoms with van der Waals surface area (Å²) in [6, 6.07) is 0. The van der Waals surface area contributed by atoms with Crippen LogP contribution in [0.25, 0.3) is 0 Å². The molecule has 3 nitrogen and oxygen atoms in total. The van der Waals surface area contributed by atoms with Gasteiger partial charge in [-0.3, -0.25) is 0 Å². The lowest BCUT2D eigenvalue weighted by Gasteiger charge is -2.61. The van der Waals surface area contributed by atoms with Crippen LogP contribution in [0.15, 0.2) is 0 Å². The molecule has 4 rings (SSSR count). The Morgan fingerprint density at radius 3 is 2.56 bits per heavy atom. The molecule has 0 heterocycles. The molecule has 0 aromatic carbocycles. The van der Waals surface area contributed by atoms with E-state index in [1.807, 2.05) is 7.11 Å². The van der Waals surface area contributed by atoms with Crippen LogP contribution in [0.2, 0.25) is 0 Å². The van der Waals surface area contributed by atoms with E-state index in [2.05, 4.69) is 20.8 Å². The lowest BCUT2D eigenvalue weighted by atomic mass is 9.44. The summed E-state index contributed by atoms with van der Waals surface area (Å²) in [4.78, 5) is 0. The van der Waals surface area contributed by atoms with E-state index in [1.54, 1.807) is 0 Å². The predicted molar refractivity (Wildman–Crippen MR) is 109 cm³/mol. The Kier molecular flexibility index (Phi) is 5.68. The molecule has 27 heavy (non-hydrogen) atoms. The van der Waals surface area contributed by atoms with Gasteiger partial charge in [0.15, 0.2) is 0 Å². The third-order valence-electron chi connectivity index (χ3n) is 9.58. The molecule has 3 heteroatoms. The van der Waals surface area contributed by atoms with Gasteiger partial charge in [-0.25, -0.2) is 0 Å². The Morgan fingerprint density at radius 2 is 1.81 bits per heavy atom. The van der Waals surface area contributed by atoms with Crippen molar-refractivity contribution in [2.45, 2.75) is 103 Å². The molecular weight excluding hydrogens is 336 g/mol. The van der Waals surface area contributed by atoms with Crippen LogP contribution in [0.3, 0.4) is 0 Å². The van der Waals surface area contributed by atoms with Gasteiger partial charge in [-0.05, 0) is 107 Å². The average molecular weight is 379 g/mol. The molecule has 0 aliphatic heterocycles. The highest BCUT2D eigenvalue weighted by Gasteiger charge is 2.61. The van der Waals surface area contributed by atoms with Gasteiger partial charge in [0, 0.05) is 19.1 Å². The van der Waals surface area contributed by atoms with Crippen LogP contribution in [0.4, 0.5) is 0 Å². The van der Waals surface area contributed by atoms with Crippen molar-refractivity contribution in [3.8, 4) is 0 Å². The molecule has 4 aliphatic rings. The lowest BCUT2D eigenvalue weighted by molar-refractivity contribution is -0.149. The van der Waals surface area contributed by atoms with Crippen LogP contribution in [0.1, 0.15) is 85.0 Å². The van der Waals surface area contributed by atoms with E-state index >= 15 is 0 Å². The molecule has 4 saturated carbocycles. The number of aliphatic hydroxyl groups excluding tert-OH is 1. The van der Waals surface area contributed by atoms with Gasteiger partial charge in [0.1, 0.15) is 0 Å². The second kappa shape index (κ2) is 7.61. The topological polar surface area (TPSA) is 38.7 Å². The molecule has 0 unspecified atom stereocenters. The van der Waals surface area contributed by atoms with Crippen LogP contribution in [-0.4, -0.2) is 37.1 Å².